The Labute approximate surface area is 91.5 Å². The van der Waals surface area contributed by atoms with Gasteiger partial charge in [0.25, 0.3) is 0 Å². The van der Waals surface area contributed by atoms with Gasteiger partial charge in [-0.25, -0.2) is 0 Å². The van der Waals surface area contributed by atoms with Crippen LogP contribution in [-0.4, -0.2) is 20.4 Å². The second kappa shape index (κ2) is 5.01. The molecule has 0 saturated carbocycles. The van der Waals surface area contributed by atoms with Gasteiger partial charge < -0.3 is 0 Å². The van der Waals surface area contributed by atoms with Crippen molar-refractivity contribution in [2.75, 3.05) is 0 Å². The molecule has 0 fully saturated rings. The molecule has 0 N–H and O–H groups in total. The Morgan fingerprint density at radius 3 is 2.15 bits per heavy atom. The van der Waals surface area contributed by atoms with Crippen molar-refractivity contribution in [1.29, 1.82) is 0 Å². The second-order valence-corrected chi connectivity index (χ2v) is 7.25. The normalized spacial score (nSPS) is 10.6. The van der Waals surface area contributed by atoms with Crippen molar-refractivity contribution in [3.63, 3.8) is 0 Å². The minimum atomic E-state index is -0.0483. The van der Waals surface area contributed by atoms with Gasteiger partial charge in [0.15, 0.2) is 0 Å². The van der Waals surface area contributed by atoms with Crippen LogP contribution >= 0.6 is 0 Å². The molecule has 68 valence electrons. The number of hydrogen-bond acceptors (Lipinski definition) is 0. The Kier molecular flexibility index (Phi) is 4.27. The fourth-order valence-electron chi connectivity index (χ4n) is 1.72. The van der Waals surface area contributed by atoms with Gasteiger partial charge in [-0.15, -0.1) is 4.05 Å². The average Bonchev–Trinajstić information content (AvgIpc) is 2.03. The first-order valence-electron chi connectivity index (χ1n) is 5.19. The summed E-state index contributed by atoms with van der Waals surface area (Å²) in [6.07, 6.45) is 0. The Hall–Kier alpha value is -0.0138. The molecule has 0 amide bonds. The Balaban J connectivity index is 2.91. The summed E-state index contributed by atoms with van der Waals surface area (Å²) in [5.74, 6) is 0.683. The van der Waals surface area contributed by atoms with E-state index in [0.717, 1.165) is 4.05 Å². The van der Waals surface area contributed by atoms with Crippen molar-refractivity contribution in [2.45, 2.75) is 37.7 Å². The van der Waals surface area contributed by atoms with E-state index < -0.39 is 0 Å². The van der Waals surface area contributed by atoms with Crippen LogP contribution in [0.2, 0.25) is 4.05 Å². The molecule has 0 saturated heterocycles. The first kappa shape index (κ1) is 11.1. The molecular formula is C12H18Mg. The third-order valence-electron chi connectivity index (χ3n) is 2.31. The SMILES string of the molecule is C[CH](C)[Mg][c]1ccccc1C(C)C. The molecule has 0 aliphatic heterocycles. The average molecular weight is 187 g/mol. The van der Waals surface area contributed by atoms with Crippen molar-refractivity contribution in [2.24, 2.45) is 0 Å². The molecule has 1 aromatic carbocycles. The van der Waals surface area contributed by atoms with Crippen LogP contribution in [0.4, 0.5) is 0 Å². The summed E-state index contributed by atoms with van der Waals surface area (Å²) < 4.78 is 2.55. The van der Waals surface area contributed by atoms with Crippen LogP contribution in [0, 0.1) is 0 Å². The number of hydrogen-bond donors (Lipinski definition) is 0. The summed E-state index contributed by atoms with van der Waals surface area (Å²) in [5, 5.41) is 0. The van der Waals surface area contributed by atoms with E-state index in [0.29, 0.717) is 5.92 Å². The van der Waals surface area contributed by atoms with E-state index in [9.17, 15) is 0 Å². The summed E-state index contributed by atoms with van der Waals surface area (Å²) in [7, 11) is 0. The number of benzene rings is 1. The predicted octanol–water partition coefficient (Wildman–Crippen LogP) is 2.97. The van der Waals surface area contributed by atoms with Gasteiger partial charge in [0.05, 0.1) is 0 Å². The molecular weight excluding hydrogens is 168 g/mol. The molecule has 0 aliphatic carbocycles. The molecule has 0 atom stereocenters. The van der Waals surface area contributed by atoms with E-state index in [4.69, 9.17) is 0 Å². The van der Waals surface area contributed by atoms with Crippen LogP contribution in [0.1, 0.15) is 39.2 Å². The highest BCUT2D eigenvalue weighted by atomic mass is 24.5. The lowest BCUT2D eigenvalue weighted by molar-refractivity contribution is 0.872. The van der Waals surface area contributed by atoms with Crippen molar-refractivity contribution >= 4 is 24.1 Å². The van der Waals surface area contributed by atoms with Crippen LogP contribution in [0.15, 0.2) is 24.3 Å². The summed E-state index contributed by atoms with van der Waals surface area (Å²) >= 11 is -0.0483. The highest BCUT2D eigenvalue weighted by molar-refractivity contribution is 6.55. The van der Waals surface area contributed by atoms with E-state index >= 15 is 0 Å². The molecule has 0 heterocycles. The van der Waals surface area contributed by atoms with Crippen LogP contribution in [-0.2, 0) is 0 Å². The molecule has 0 aromatic heterocycles. The first-order valence-corrected chi connectivity index (χ1v) is 6.71. The molecule has 1 rings (SSSR count). The van der Waals surface area contributed by atoms with Crippen LogP contribution in [0.25, 0.3) is 0 Å². The standard InChI is InChI=1S/C9H11.C3H7.Mg/c1-8(2)9-6-4-3-5-7-9;1-3-2;/h3-6,8H,1-2H3;3H,1-2H3;. The maximum Gasteiger partial charge on any atom is 0.412 e. The zero-order valence-electron chi connectivity index (χ0n) is 9.17. The van der Waals surface area contributed by atoms with Gasteiger partial charge in [-0.1, -0.05) is 57.5 Å². The quantitative estimate of drug-likeness (QED) is 0.637. The molecule has 0 spiro atoms. The summed E-state index contributed by atoms with van der Waals surface area (Å²) in [5.41, 5.74) is 1.57. The Bertz CT molecular complexity index is 264. The topological polar surface area (TPSA) is 0 Å². The molecule has 1 aromatic rings. The van der Waals surface area contributed by atoms with Gasteiger partial charge in [-0.2, -0.15) is 3.69 Å². The van der Waals surface area contributed by atoms with Crippen LogP contribution < -0.4 is 3.69 Å². The Morgan fingerprint density at radius 2 is 1.62 bits per heavy atom. The number of rotatable bonds is 3. The summed E-state index contributed by atoms with van der Waals surface area (Å²) in [6.45, 7) is 9.24. The van der Waals surface area contributed by atoms with Crippen LogP contribution in [0.3, 0.4) is 0 Å². The van der Waals surface area contributed by atoms with E-state index in [2.05, 4.69) is 52.0 Å². The van der Waals surface area contributed by atoms with Gasteiger partial charge in [0.2, 0.25) is 0 Å². The summed E-state index contributed by atoms with van der Waals surface area (Å²) in [6, 6.07) is 8.95. The minimum Gasteiger partial charge on any atom is -0.170 e. The lowest BCUT2D eigenvalue weighted by Crippen LogP contribution is -2.21. The third-order valence-corrected chi connectivity index (χ3v) is 4.21. The van der Waals surface area contributed by atoms with Crippen LogP contribution in [0.5, 0.6) is 0 Å². The van der Waals surface area contributed by atoms with Crippen molar-refractivity contribution < 1.29 is 0 Å². The molecule has 0 radical (unpaired) electrons. The second-order valence-electron chi connectivity index (χ2n) is 4.45. The zero-order chi connectivity index (χ0) is 9.84. The Morgan fingerprint density at radius 1 is 1.00 bits per heavy atom. The molecule has 13 heavy (non-hydrogen) atoms. The van der Waals surface area contributed by atoms with Gasteiger partial charge >= 0.3 is 20.4 Å². The maximum atomic E-state index is 2.34. The largest absolute Gasteiger partial charge is 0.412 e. The fraction of sp³-hybridized carbons (Fsp3) is 0.500. The summed E-state index contributed by atoms with van der Waals surface area (Å²) in [4.78, 5) is 0. The van der Waals surface area contributed by atoms with E-state index in [1.54, 1.807) is 9.26 Å². The highest BCUT2D eigenvalue weighted by Gasteiger charge is 2.09. The maximum absolute atomic E-state index is 2.34. The lowest BCUT2D eigenvalue weighted by atomic mass is 10.0. The van der Waals surface area contributed by atoms with Gasteiger partial charge in [-0.05, 0) is 5.92 Å². The van der Waals surface area contributed by atoms with E-state index in [1.165, 1.54) is 0 Å². The van der Waals surface area contributed by atoms with E-state index in [-0.39, 0.29) is 20.4 Å². The first-order chi connectivity index (χ1) is 6.11. The molecule has 0 aliphatic rings. The molecule has 0 nitrogen and oxygen atoms in total. The smallest absolute Gasteiger partial charge is 0.170 e. The highest BCUT2D eigenvalue weighted by Crippen LogP contribution is 2.12. The lowest BCUT2D eigenvalue weighted by Gasteiger charge is -2.13. The van der Waals surface area contributed by atoms with Crippen molar-refractivity contribution in [3.8, 4) is 0 Å². The zero-order valence-corrected chi connectivity index (χ0v) is 10.6. The van der Waals surface area contributed by atoms with Crippen molar-refractivity contribution in [1.82, 2.24) is 0 Å². The fourth-order valence-corrected chi connectivity index (χ4v) is 3.64. The third kappa shape index (κ3) is 3.32. The predicted molar refractivity (Wildman–Crippen MR) is 61.0 cm³/mol. The molecule has 1 heteroatoms. The monoisotopic (exact) mass is 186 g/mol. The van der Waals surface area contributed by atoms with Gasteiger partial charge in [0.1, 0.15) is 0 Å². The minimum absolute atomic E-state index is 0.0483. The van der Waals surface area contributed by atoms with Crippen molar-refractivity contribution in [3.05, 3.63) is 29.8 Å². The molecule has 0 unspecified atom stereocenters. The van der Waals surface area contributed by atoms with Gasteiger partial charge in [0, 0.05) is 0 Å². The van der Waals surface area contributed by atoms with Gasteiger partial charge in [-0.3, -0.25) is 0 Å². The molecule has 0 bridgehead atoms. The van der Waals surface area contributed by atoms with E-state index in [1.807, 2.05) is 0 Å².